The molecule has 0 aliphatic carbocycles. The van der Waals surface area contributed by atoms with Gasteiger partial charge in [-0.2, -0.15) is 0 Å². The molecule has 9 heteroatoms. The fourth-order valence-corrected chi connectivity index (χ4v) is 3.88. The number of nitrogens with one attached hydrogen (secondary N) is 1. The van der Waals surface area contributed by atoms with Crippen LogP contribution in [0, 0.1) is 5.92 Å². The fraction of sp³-hybridized carbons (Fsp3) is 0.522. The number of rotatable bonds is 10. The van der Waals surface area contributed by atoms with Crippen molar-refractivity contribution in [2.45, 2.75) is 71.7 Å². The lowest BCUT2D eigenvalue weighted by Gasteiger charge is -2.27. The highest BCUT2D eigenvalue weighted by Gasteiger charge is 2.31. The minimum Gasteiger partial charge on any atom is -0.480 e. The van der Waals surface area contributed by atoms with E-state index in [0.717, 1.165) is 5.56 Å². The Labute approximate surface area is 199 Å². The highest BCUT2D eigenvalue weighted by Crippen LogP contribution is 2.21. The summed E-state index contributed by atoms with van der Waals surface area (Å²) in [7, 11) is 0. The SMILES string of the molecule is CC(C)C[C@H](N[C@@H](Cc1cncn1Cc1cc(Cl)cc(Cl)c1)C(=O)O)C(=O)OC(C)(C)C. The first kappa shape index (κ1) is 26.2. The quantitative estimate of drug-likeness (QED) is 0.480. The second-order valence-corrected chi connectivity index (χ2v) is 10.1. The summed E-state index contributed by atoms with van der Waals surface area (Å²) in [5.74, 6) is -1.34. The van der Waals surface area contributed by atoms with E-state index in [2.05, 4.69) is 10.3 Å². The minimum absolute atomic E-state index is 0.140. The first-order chi connectivity index (χ1) is 14.8. The zero-order valence-electron chi connectivity index (χ0n) is 19.1. The number of carbonyl (C=O) groups is 2. The normalized spacial score (nSPS) is 13.8. The predicted molar refractivity (Wildman–Crippen MR) is 125 cm³/mol. The van der Waals surface area contributed by atoms with Crippen molar-refractivity contribution < 1.29 is 19.4 Å². The molecule has 0 bridgehead atoms. The van der Waals surface area contributed by atoms with Gasteiger partial charge in [0.2, 0.25) is 0 Å². The number of halogens is 2. The maximum Gasteiger partial charge on any atom is 0.323 e. The Kier molecular flexibility index (Phi) is 9.13. The molecule has 0 fully saturated rings. The van der Waals surface area contributed by atoms with Crippen LogP contribution >= 0.6 is 23.2 Å². The molecular formula is C23H31Cl2N3O4. The lowest BCUT2D eigenvalue weighted by atomic mass is 10.0. The molecule has 176 valence electrons. The molecule has 1 aromatic heterocycles. The third-order valence-electron chi connectivity index (χ3n) is 4.59. The second kappa shape index (κ2) is 11.2. The molecule has 2 atom stereocenters. The summed E-state index contributed by atoms with van der Waals surface area (Å²) in [6.07, 6.45) is 3.84. The van der Waals surface area contributed by atoms with Crippen LogP contribution in [0.15, 0.2) is 30.7 Å². The number of ether oxygens (including phenoxy) is 1. The fourth-order valence-electron chi connectivity index (χ4n) is 3.31. The number of benzene rings is 1. The van der Waals surface area contributed by atoms with E-state index < -0.39 is 29.6 Å². The van der Waals surface area contributed by atoms with Crippen molar-refractivity contribution in [3.8, 4) is 0 Å². The Hall–Kier alpha value is -2.09. The summed E-state index contributed by atoms with van der Waals surface area (Å²) in [5.41, 5.74) is 0.908. The standard InChI is InChI=1S/C23H31Cl2N3O4/c1-14(2)6-20(22(31)32-23(3,4)5)27-19(21(29)30)10-18-11-26-13-28(18)12-15-7-16(24)9-17(25)8-15/h7-9,11,13-14,19-20,27H,6,10,12H2,1-5H3,(H,29,30)/t19-,20-/m0/s1. The zero-order valence-corrected chi connectivity index (χ0v) is 20.6. The van der Waals surface area contributed by atoms with Gasteiger partial charge in [0.25, 0.3) is 0 Å². The molecule has 2 aromatic rings. The van der Waals surface area contributed by atoms with E-state index >= 15 is 0 Å². The topological polar surface area (TPSA) is 93.5 Å². The third kappa shape index (κ3) is 8.45. The molecule has 0 saturated carbocycles. The number of esters is 1. The number of aromatic nitrogens is 2. The zero-order chi connectivity index (χ0) is 24.1. The Bertz CT molecular complexity index is 917. The van der Waals surface area contributed by atoms with E-state index in [0.29, 0.717) is 28.7 Å². The lowest BCUT2D eigenvalue weighted by Crippen LogP contribution is -2.50. The van der Waals surface area contributed by atoms with E-state index in [9.17, 15) is 14.7 Å². The molecule has 0 aliphatic heterocycles. The maximum atomic E-state index is 12.7. The van der Waals surface area contributed by atoms with Gasteiger partial charge in [-0.15, -0.1) is 0 Å². The first-order valence-corrected chi connectivity index (χ1v) is 11.3. The van der Waals surface area contributed by atoms with Gasteiger partial charge in [-0.05, 0) is 56.9 Å². The van der Waals surface area contributed by atoms with Crippen molar-refractivity contribution in [3.63, 3.8) is 0 Å². The molecule has 0 aliphatic rings. The highest BCUT2D eigenvalue weighted by molar-refractivity contribution is 6.34. The number of carboxylic acid groups (broad SMARTS) is 1. The van der Waals surface area contributed by atoms with Crippen LogP contribution in [0.5, 0.6) is 0 Å². The van der Waals surface area contributed by atoms with E-state index in [1.807, 2.05) is 18.4 Å². The summed E-state index contributed by atoms with van der Waals surface area (Å²) in [6.45, 7) is 9.73. The molecule has 0 amide bonds. The van der Waals surface area contributed by atoms with E-state index in [4.69, 9.17) is 27.9 Å². The summed E-state index contributed by atoms with van der Waals surface area (Å²) in [5, 5.41) is 13.9. The third-order valence-corrected chi connectivity index (χ3v) is 5.02. The van der Waals surface area contributed by atoms with Crippen molar-refractivity contribution in [3.05, 3.63) is 52.0 Å². The summed E-state index contributed by atoms with van der Waals surface area (Å²) in [4.78, 5) is 28.9. The lowest BCUT2D eigenvalue weighted by molar-refractivity contribution is -0.158. The molecule has 2 N–H and O–H groups in total. The van der Waals surface area contributed by atoms with Crippen molar-refractivity contribution in [2.75, 3.05) is 0 Å². The number of carbonyl (C=O) groups excluding carboxylic acids is 1. The van der Waals surface area contributed by atoms with Crippen molar-refractivity contribution in [1.29, 1.82) is 0 Å². The monoisotopic (exact) mass is 483 g/mol. The van der Waals surface area contributed by atoms with Crippen molar-refractivity contribution in [2.24, 2.45) is 5.92 Å². The number of hydrogen-bond donors (Lipinski definition) is 2. The van der Waals surface area contributed by atoms with Crippen LogP contribution < -0.4 is 5.32 Å². The molecule has 0 saturated heterocycles. The molecule has 0 radical (unpaired) electrons. The molecule has 1 heterocycles. The number of aliphatic carboxylic acids is 1. The maximum absolute atomic E-state index is 12.7. The van der Waals surface area contributed by atoms with Gasteiger partial charge in [0.15, 0.2) is 0 Å². The van der Waals surface area contributed by atoms with Crippen LogP contribution in [0.4, 0.5) is 0 Å². The molecule has 7 nitrogen and oxygen atoms in total. The van der Waals surface area contributed by atoms with Crippen LogP contribution in [0.2, 0.25) is 10.0 Å². The van der Waals surface area contributed by atoms with Gasteiger partial charge in [-0.25, -0.2) is 4.98 Å². The average molecular weight is 484 g/mol. The summed E-state index contributed by atoms with van der Waals surface area (Å²) >= 11 is 12.2. The van der Waals surface area contributed by atoms with Crippen LogP contribution in [0.1, 0.15) is 52.3 Å². The van der Waals surface area contributed by atoms with Crippen molar-refractivity contribution >= 4 is 35.1 Å². The van der Waals surface area contributed by atoms with Crippen molar-refractivity contribution in [1.82, 2.24) is 14.9 Å². The average Bonchev–Trinajstić information content (AvgIpc) is 3.04. The molecule has 0 unspecified atom stereocenters. The van der Waals surface area contributed by atoms with Crippen LogP contribution in [0.3, 0.4) is 0 Å². The Morgan fingerprint density at radius 3 is 2.31 bits per heavy atom. The number of imidazole rings is 1. The van der Waals surface area contributed by atoms with Gasteiger partial charge >= 0.3 is 11.9 Å². The highest BCUT2D eigenvalue weighted by atomic mass is 35.5. The van der Waals surface area contributed by atoms with Gasteiger partial charge in [0.1, 0.15) is 17.7 Å². The Morgan fingerprint density at radius 1 is 1.16 bits per heavy atom. The summed E-state index contributed by atoms with van der Waals surface area (Å²) in [6, 6.07) is 3.51. The van der Waals surface area contributed by atoms with Gasteiger partial charge in [-0.1, -0.05) is 37.0 Å². The van der Waals surface area contributed by atoms with E-state index in [-0.39, 0.29) is 12.3 Å². The minimum atomic E-state index is -1.05. The number of hydrogen-bond acceptors (Lipinski definition) is 5. The molecule has 32 heavy (non-hydrogen) atoms. The van der Waals surface area contributed by atoms with Gasteiger partial charge in [-0.3, -0.25) is 14.9 Å². The molecule has 0 spiro atoms. The van der Waals surface area contributed by atoms with Crippen LogP contribution in [-0.4, -0.2) is 44.3 Å². The first-order valence-electron chi connectivity index (χ1n) is 10.5. The van der Waals surface area contributed by atoms with E-state index in [1.165, 1.54) is 0 Å². The Balaban J connectivity index is 2.20. The predicted octanol–water partition coefficient (Wildman–Crippen LogP) is 4.58. The molecule has 2 rings (SSSR count). The van der Waals surface area contributed by atoms with Crippen LogP contribution in [-0.2, 0) is 27.3 Å². The largest absolute Gasteiger partial charge is 0.480 e. The second-order valence-electron chi connectivity index (χ2n) is 9.27. The smallest absolute Gasteiger partial charge is 0.323 e. The molecule has 1 aromatic carbocycles. The van der Waals surface area contributed by atoms with Gasteiger partial charge < -0.3 is 14.4 Å². The van der Waals surface area contributed by atoms with E-state index in [1.54, 1.807) is 51.5 Å². The Morgan fingerprint density at radius 2 is 1.78 bits per heavy atom. The van der Waals surface area contributed by atoms with Gasteiger partial charge in [0, 0.05) is 34.9 Å². The van der Waals surface area contributed by atoms with Gasteiger partial charge in [0.05, 0.1) is 6.33 Å². The number of carboxylic acids is 1. The van der Waals surface area contributed by atoms with Crippen LogP contribution in [0.25, 0.3) is 0 Å². The summed E-state index contributed by atoms with van der Waals surface area (Å²) < 4.78 is 7.34. The number of nitrogens with zero attached hydrogens (tertiary/aromatic N) is 2. The molecular weight excluding hydrogens is 453 g/mol.